The van der Waals surface area contributed by atoms with Gasteiger partial charge in [-0.1, -0.05) is 19.9 Å². The van der Waals surface area contributed by atoms with E-state index in [4.69, 9.17) is 0 Å². The van der Waals surface area contributed by atoms with Crippen LogP contribution in [0.15, 0.2) is 18.2 Å². The second kappa shape index (κ2) is 7.63. The van der Waals surface area contributed by atoms with Crippen LogP contribution < -0.4 is 9.62 Å². The number of amides is 1. The maximum Gasteiger partial charge on any atom is 0.243 e. The number of hydrogen-bond acceptors (Lipinski definition) is 3. The second-order valence-electron chi connectivity index (χ2n) is 5.54. The number of anilines is 1. The van der Waals surface area contributed by atoms with Crippen molar-refractivity contribution in [2.24, 2.45) is 0 Å². The standard InChI is InChI=1S/C16H26N2O3S/c1-6-10-17-16(19)15(7-2)18(22(5,20)21)14-9-8-12(3)13(4)11-14/h8-9,11,15H,6-7,10H2,1-5H3,(H,17,19)/t15-/m1/s1. The quantitative estimate of drug-likeness (QED) is 0.836. The maximum atomic E-state index is 12.3. The Morgan fingerprint density at radius 3 is 2.32 bits per heavy atom. The summed E-state index contributed by atoms with van der Waals surface area (Å²) in [5.41, 5.74) is 2.61. The third-order valence-electron chi connectivity index (χ3n) is 3.62. The number of sulfonamides is 1. The number of carbonyl (C=O) groups excluding carboxylic acids is 1. The van der Waals surface area contributed by atoms with E-state index in [1.54, 1.807) is 6.07 Å². The highest BCUT2D eigenvalue weighted by molar-refractivity contribution is 7.92. The van der Waals surface area contributed by atoms with Crippen molar-refractivity contribution in [3.8, 4) is 0 Å². The van der Waals surface area contributed by atoms with Crippen LogP contribution in [0.1, 0.15) is 37.8 Å². The summed E-state index contributed by atoms with van der Waals surface area (Å²) in [6.45, 7) is 8.21. The number of carbonyl (C=O) groups is 1. The van der Waals surface area contributed by atoms with Gasteiger partial charge in [-0.05, 0) is 49.9 Å². The van der Waals surface area contributed by atoms with Crippen LogP contribution >= 0.6 is 0 Å². The molecule has 0 unspecified atom stereocenters. The van der Waals surface area contributed by atoms with Crippen molar-refractivity contribution in [2.75, 3.05) is 17.1 Å². The minimum atomic E-state index is -3.56. The minimum absolute atomic E-state index is 0.256. The summed E-state index contributed by atoms with van der Waals surface area (Å²) in [5.74, 6) is -0.256. The molecule has 22 heavy (non-hydrogen) atoms. The fraction of sp³-hybridized carbons (Fsp3) is 0.562. The molecule has 124 valence electrons. The molecule has 0 fully saturated rings. The van der Waals surface area contributed by atoms with Crippen LogP contribution in [0, 0.1) is 13.8 Å². The maximum absolute atomic E-state index is 12.3. The molecule has 1 N–H and O–H groups in total. The first-order chi connectivity index (χ1) is 10.2. The van der Waals surface area contributed by atoms with Gasteiger partial charge in [-0.15, -0.1) is 0 Å². The highest BCUT2D eigenvalue weighted by atomic mass is 32.2. The number of hydrogen-bond donors (Lipinski definition) is 1. The lowest BCUT2D eigenvalue weighted by Crippen LogP contribution is -2.49. The first kappa shape index (κ1) is 18.5. The fourth-order valence-corrected chi connectivity index (χ4v) is 3.49. The number of nitrogens with zero attached hydrogens (tertiary/aromatic N) is 1. The number of rotatable bonds is 7. The van der Waals surface area contributed by atoms with E-state index in [0.29, 0.717) is 18.7 Å². The molecule has 0 bridgehead atoms. The van der Waals surface area contributed by atoms with E-state index in [1.807, 2.05) is 39.8 Å². The molecule has 5 nitrogen and oxygen atoms in total. The number of aryl methyl sites for hydroxylation is 2. The van der Waals surface area contributed by atoms with Crippen LogP contribution in [0.2, 0.25) is 0 Å². The fourth-order valence-electron chi connectivity index (χ4n) is 2.29. The third-order valence-corrected chi connectivity index (χ3v) is 4.80. The Morgan fingerprint density at radius 1 is 1.23 bits per heavy atom. The van der Waals surface area contributed by atoms with E-state index >= 15 is 0 Å². The van der Waals surface area contributed by atoms with Crippen LogP contribution in [0.25, 0.3) is 0 Å². The van der Waals surface area contributed by atoms with Crippen molar-refractivity contribution < 1.29 is 13.2 Å². The van der Waals surface area contributed by atoms with E-state index in [2.05, 4.69) is 5.32 Å². The highest BCUT2D eigenvalue weighted by Gasteiger charge is 2.31. The van der Waals surface area contributed by atoms with Gasteiger partial charge in [-0.25, -0.2) is 8.42 Å². The van der Waals surface area contributed by atoms with Crippen LogP contribution in [-0.4, -0.2) is 33.2 Å². The Balaban J connectivity index is 3.27. The predicted octanol–water partition coefficient (Wildman–Crippen LogP) is 2.37. The lowest BCUT2D eigenvalue weighted by atomic mass is 10.1. The van der Waals surface area contributed by atoms with Gasteiger partial charge >= 0.3 is 0 Å². The Labute approximate surface area is 133 Å². The average Bonchev–Trinajstić information content (AvgIpc) is 2.44. The monoisotopic (exact) mass is 326 g/mol. The SMILES string of the molecule is CCCNC(=O)[C@@H](CC)N(c1ccc(C)c(C)c1)S(C)(=O)=O. The molecule has 0 aliphatic rings. The molecule has 1 amide bonds. The summed E-state index contributed by atoms with van der Waals surface area (Å²) in [5, 5.41) is 2.79. The van der Waals surface area contributed by atoms with Crippen molar-refractivity contribution >= 4 is 21.6 Å². The molecule has 0 saturated carbocycles. The van der Waals surface area contributed by atoms with Crippen LogP contribution in [0.3, 0.4) is 0 Å². The second-order valence-corrected chi connectivity index (χ2v) is 7.40. The Bertz CT molecular complexity index is 626. The van der Waals surface area contributed by atoms with Crippen LogP contribution in [0.5, 0.6) is 0 Å². The van der Waals surface area contributed by atoms with E-state index in [9.17, 15) is 13.2 Å². The molecule has 1 aromatic carbocycles. The van der Waals surface area contributed by atoms with Gasteiger partial charge in [0.05, 0.1) is 11.9 Å². The van der Waals surface area contributed by atoms with E-state index < -0.39 is 16.1 Å². The van der Waals surface area contributed by atoms with E-state index in [1.165, 1.54) is 4.31 Å². The smallest absolute Gasteiger partial charge is 0.243 e. The van der Waals surface area contributed by atoms with Crippen molar-refractivity contribution in [2.45, 2.75) is 46.6 Å². The zero-order valence-electron chi connectivity index (χ0n) is 14.0. The van der Waals surface area contributed by atoms with Crippen molar-refractivity contribution in [3.05, 3.63) is 29.3 Å². The molecule has 0 radical (unpaired) electrons. The lowest BCUT2D eigenvalue weighted by molar-refractivity contribution is -0.122. The molecule has 1 aromatic rings. The first-order valence-electron chi connectivity index (χ1n) is 7.56. The summed E-state index contributed by atoms with van der Waals surface area (Å²) in [4.78, 5) is 12.3. The van der Waals surface area contributed by atoms with Gasteiger partial charge in [0.25, 0.3) is 0 Å². The van der Waals surface area contributed by atoms with E-state index in [0.717, 1.165) is 23.8 Å². The number of nitrogens with one attached hydrogen (secondary N) is 1. The molecule has 0 aromatic heterocycles. The van der Waals surface area contributed by atoms with Crippen LogP contribution in [0.4, 0.5) is 5.69 Å². The summed E-state index contributed by atoms with van der Waals surface area (Å²) < 4.78 is 25.7. The topological polar surface area (TPSA) is 66.5 Å². The molecule has 1 rings (SSSR count). The van der Waals surface area contributed by atoms with Gasteiger partial charge in [0.15, 0.2) is 0 Å². The van der Waals surface area contributed by atoms with E-state index in [-0.39, 0.29) is 5.91 Å². The van der Waals surface area contributed by atoms with Crippen LogP contribution in [-0.2, 0) is 14.8 Å². The normalized spacial score (nSPS) is 12.8. The van der Waals surface area contributed by atoms with Gasteiger partial charge in [-0.2, -0.15) is 0 Å². The van der Waals surface area contributed by atoms with Crippen molar-refractivity contribution in [1.82, 2.24) is 5.32 Å². The Hall–Kier alpha value is -1.56. The summed E-state index contributed by atoms with van der Waals surface area (Å²) in [6.07, 6.45) is 2.36. The van der Waals surface area contributed by atoms with Gasteiger partial charge < -0.3 is 5.32 Å². The van der Waals surface area contributed by atoms with Gasteiger partial charge in [0, 0.05) is 6.54 Å². The zero-order chi connectivity index (χ0) is 16.9. The molecule has 0 aliphatic carbocycles. The summed E-state index contributed by atoms with van der Waals surface area (Å²) >= 11 is 0. The first-order valence-corrected chi connectivity index (χ1v) is 9.41. The van der Waals surface area contributed by atoms with Crippen molar-refractivity contribution in [3.63, 3.8) is 0 Å². The molecule has 0 aliphatic heterocycles. The molecular formula is C16H26N2O3S. The molecule has 1 atom stereocenters. The molecule has 0 saturated heterocycles. The largest absolute Gasteiger partial charge is 0.354 e. The lowest BCUT2D eigenvalue weighted by Gasteiger charge is -2.30. The number of benzene rings is 1. The highest BCUT2D eigenvalue weighted by Crippen LogP contribution is 2.25. The third kappa shape index (κ3) is 4.47. The average molecular weight is 326 g/mol. The summed E-state index contributed by atoms with van der Waals surface area (Å²) in [7, 11) is -3.56. The predicted molar refractivity (Wildman–Crippen MR) is 90.6 cm³/mol. The molecule has 6 heteroatoms. The Kier molecular flexibility index (Phi) is 6.41. The van der Waals surface area contributed by atoms with Gasteiger partial charge in [0.1, 0.15) is 6.04 Å². The molecule has 0 heterocycles. The molecule has 0 spiro atoms. The minimum Gasteiger partial charge on any atom is -0.354 e. The van der Waals surface area contributed by atoms with Gasteiger partial charge in [-0.3, -0.25) is 9.10 Å². The Morgan fingerprint density at radius 2 is 1.86 bits per heavy atom. The van der Waals surface area contributed by atoms with Crippen molar-refractivity contribution in [1.29, 1.82) is 0 Å². The zero-order valence-corrected chi connectivity index (χ0v) is 14.8. The molecular weight excluding hydrogens is 300 g/mol. The summed E-state index contributed by atoms with van der Waals surface area (Å²) in [6, 6.07) is 4.70. The van der Waals surface area contributed by atoms with Gasteiger partial charge in [0.2, 0.25) is 15.9 Å².